The van der Waals surface area contributed by atoms with E-state index in [0.717, 1.165) is 13.0 Å². The summed E-state index contributed by atoms with van der Waals surface area (Å²) in [6.45, 7) is 1.60. The molecule has 5 nitrogen and oxygen atoms in total. The summed E-state index contributed by atoms with van der Waals surface area (Å²) in [5, 5.41) is 5.53. The zero-order chi connectivity index (χ0) is 17.6. The Morgan fingerprint density at radius 2 is 2.16 bits per heavy atom. The molecule has 1 aliphatic heterocycles. The number of likely N-dealkylation sites (N-methyl/N-ethyl adjacent to an activating group) is 1. The van der Waals surface area contributed by atoms with Crippen molar-refractivity contribution in [2.75, 3.05) is 25.5 Å². The fourth-order valence-corrected chi connectivity index (χ4v) is 3.93. The van der Waals surface area contributed by atoms with Crippen LogP contribution in [0.3, 0.4) is 0 Å². The van der Waals surface area contributed by atoms with E-state index >= 15 is 0 Å². The smallest absolute Gasteiger partial charge is 0.225 e. The molecule has 2 heterocycles. The maximum absolute atomic E-state index is 12.1. The molecule has 25 heavy (non-hydrogen) atoms. The van der Waals surface area contributed by atoms with Crippen LogP contribution in [0.2, 0.25) is 5.02 Å². The van der Waals surface area contributed by atoms with E-state index in [0.29, 0.717) is 35.8 Å². The number of hydrazine groups is 1. The predicted octanol–water partition coefficient (Wildman–Crippen LogP) is 3.27. The lowest BCUT2D eigenvalue weighted by atomic mass is 10.1. The first-order valence-corrected chi connectivity index (χ1v) is 9.65. The number of nitrogens with zero attached hydrogens (tertiary/aromatic N) is 1. The molecule has 0 saturated carbocycles. The highest BCUT2D eigenvalue weighted by Gasteiger charge is 2.26. The summed E-state index contributed by atoms with van der Waals surface area (Å²) in [5.74, 6) is -0.0195. The average molecular weight is 379 g/mol. The topological polar surface area (TPSA) is 56.4 Å². The van der Waals surface area contributed by atoms with Crippen molar-refractivity contribution in [1.29, 1.82) is 0 Å². The van der Waals surface area contributed by atoms with Crippen molar-refractivity contribution in [3.8, 4) is 0 Å². The third-order valence-electron chi connectivity index (χ3n) is 4.27. The molecule has 0 spiro atoms. The molecule has 3 rings (SSSR count). The average Bonchev–Trinajstić information content (AvgIpc) is 3.26. The zero-order valence-electron chi connectivity index (χ0n) is 14.2. The summed E-state index contributed by atoms with van der Waals surface area (Å²) in [7, 11) is 2.04. The van der Waals surface area contributed by atoms with E-state index < -0.39 is 0 Å². The number of amides is 1. The number of carbonyl (C=O) groups excluding carboxylic acids is 1. The lowest BCUT2D eigenvalue weighted by Crippen LogP contribution is -2.39. The number of halogens is 1. The van der Waals surface area contributed by atoms with Gasteiger partial charge in [0.2, 0.25) is 5.91 Å². The first kappa shape index (κ1) is 18.4. The lowest BCUT2D eigenvalue weighted by molar-refractivity contribution is -0.116. The molecule has 2 unspecified atom stereocenters. The second-order valence-corrected chi connectivity index (χ2v) is 7.72. The third kappa shape index (κ3) is 5.26. The summed E-state index contributed by atoms with van der Waals surface area (Å²) >= 11 is 7.84. The first-order chi connectivity index (χ1) is 12.1. The quantitative estimate of drug-likeness (QED) is 0.692. The van der Waals surface area contributed by atoms with Gasteiger partial charge in [0.05, 0.1) is 16.8 Å². The van der Waals surface area contributed by atoms with E-state index in [2.05, 4.69) is 38.6 Å². The maximum Gasteiger partial charge on any atom is 0.225 e. The number of carbonyl (C=O) groups is 1. The molecule has 1 aliphatic rings. The Morgan fingerprint density at radius 3 is 2.92 bits per heavy atom. The lowest BCUT2D eigenvalue weighted by Gasteiger charge is -2.20. The predicted molar refractivity (Wildman–Crippen MR) is 104 cm³/mol. The van der Waals surface area contributed by atoms with Gasteiger partial charge in [0.1, 0.15) is 0 Å². The molecule has 7 heteroatoms. The van der Waals surface area contributed by atoms with Crippen molar-refractivity contribution >= 4 is 34.5 Å². The number of nitrogens with one attached hydrogen (secondary N) is 3. The van der Waals surface area contributed by atoms with Crippen molar-refractivity contribution in [3.05, 3.63) is 51.7 Å². The number of hydrogen-bond acceptors (Lipinski definition) is 5. The van der Waals surface area contributed by atoms with E-state index in [-0.39, 0.29) is 5.91 Å². The minimum absolute atomic E-state index is 0.0195. The number of rotatable bonds is 7. The van der Waals surface area contributed by atoms with Crippen LogP contribution in [0, 0.1) is 0 Å². The van der Waals surface area contributed by atoms with E-state index in [4.69, 9.17) is 11.6 Å². The van der Waals surface area contributed by atoms with Crippen LogP contribution in [0.25, 0.3) is 0 Å². The van der Waals surface area contributed by atoms with Gasteiger partial charge in [-0.15, -0.1) is 11.3 Å². The Bertz CT molecular complexity index is 694. The van der Waals surface area contributed by atoms with Gasteiger partial charge in [0.25, 0.3) is 0 Å². The van der Waals surface area contributed by atoms with Crippen molar-refractivity contribution < 1.29 is 4.79 Å². The number of anilines is 1. The van der Waals surface area contributed by atoms with Crippen LogP contribution in [0.5, 0.6) is 0 Å². The van der Waals surface area contributed by atoms with Gasteiger partial charge in [0, 0.05) is 30.4 Å². The summed E-state index contributed by atoms with van der Waals surface area (Å²) in [4.78, 5) is 15.6. The third-order valence-corrected chi connectivity index (χ3v) is 5.58. The summed E-state index contributed by atoms with van der Waals surface area (Å²) in [5.41, 5.74) is 7.38. The summed E-state index contributed by atoms with van der Waals surface area (Å²) in [6.07, 6.45) is 1.49. The number of para-hydroxylation sites is 1. The standard InChI is InChI=1S/C18H23ClN4OS/c1-23(9-8-18(24)20-15-6-3-2-5-14(15)19)12-13-11-16(22-21-13)17-7-4-10-25-17/h2-7,10,13,16,21-22H,8-9,11-12H2,1H3,(H,20,24). The van der Waals surface area contributed by atoms with Crippen molar-refractivity contribution in [2.45, 2.75) is 24.9 Å². The molecule has 1 fully saturated rings. The van der Waals surface area contributed by atoms with Crippen LogP contribution in [0.1, 0.15) is 23.8 Å². The monoisotopic (exact) mass is 378 g/mol. The normalized spacial score (nSPS) is 20.1. The molecular weight excluding hydrogens is 356 g/mol. The Morgan fingerprint density at radius 1 is 1.32 bits per heavy atom. The van der Waals surface area contributed by atoms with Crippen LogP contribution < -0.4 is 16.2 Å². The fourth-order valence-electron chi connectivity index (χ4n) is 2.95. The van der Waals surface area contributed by atoms with Gasteiger partial charge < -0.3 is 10.2 Å². The van der Waals surface area contributed by atoms with Gasteiger partial charge in [-0.05, 0) is 37.0 Å². The molecule has 1 amide bonds. The van der Waals surface area contributed by atoms with Gasteiger partial charge >= 0.3 is 0 Å². The molecule has 3 N–H and O–H groups in total. The van der Waals surface area contributed by atoms with Crippen LogP contribution in [0.4, 0.5) is 5.69 Å². The second-order valence-electron chi connectivity index (χ2n) is 6.33. The minimum atomic E-state index is -0.0195. The molecule has 1 aromatic heterocycles. The largest absolute Gasteiger partial charge is 0.325 e. The SMILES string of the molecule is CN(CCC(=O)Nc1ccccc1Cl)CC1CC(c2cccs2)NN1. The molecule has 0 bridgehead atoms. The molecule has 2 atom stereocenters. The molecular formula is C18H23ClN4OS. The fraction of sp³-hybridized carbons (Fsp3) is 0.389. The van der Waals surface area contributed by atoms with Gasteiger partial charge in [-0.3, -0.25) is 10.2 Å². The Kier molecular flexibility index (Phi) is 6.45. The molecule has 134 valence electrons. The van der Waals surface area contributed by atoms with Crippen LogP contribution in [0.15, 0.2) is 41.8 Å². The maximum atomic E-state index is 12.1. The summed E-state index contributed by atoms with van der Waals surface area (Å²) in [6, 6.07) is 12.3. The second kappa shape index (κ2) is 8.78. The van der Waals surface area contributed by atoms with Gasteiger partial charge in [-0.2, -0.15) is 0 Å². The number of benzene rings is 1. The molecule has 1 aromatic carbocycles. The molecule has 1 saturated heterocycles. The van der Waals surface area contributed by atoms with E-state index in [1.54, 1.807) is 17.4 Å². The Labute approximate surface area is 157 Å². The molecule has 0 radical (unpaired) electrons. The van der Waals surface area contributed by atoms with Crippen LogP contribution >= 0.6 is 22.9 Å². The van der Waals surface area contributed by atoms with E-state index in [9.17, 15) is 4.79 Å². The van der Waals surface area contributed by atoms with Crippen LogP contribution in [-0.4, -0.2) is 37.0 Å². The highest BCUT2D eigenvalue weighted by molar-refractivity contribution is 7.10. The van der Waals surface area contributed by atoms with Gasteiger partial charge in [0.15, 0.2) is 0 Å². The minimum Gasteiger partial charge on any atom is -0.325 e. The zero-order valence-corrected chi connectivity index (χ0v) is 15.7. The molecule has 2 aromatic rings. The van der Waals surface area contributed by atoms with Crippen LogP contribution in [-0.2, 0) is 4.79 Å². The highest BCUT2D eigenvalue weighted by atomic mass is 35.5. The molecule has 0 aliphatic carbocycles. The number of thiophene rings is 1. The van der Waals surface area contributed by atoms with Crippen molar-refractivity contribution in [3.63, 3.8) is 0 Å². The Balaban J connectivity index is 1.39. The van der Waals surface area contributed by atoms with E-state index in [1.165, 1.54) is 4.88 Å². The highest BCUT2D eigenvalue weighted by Crippen LogP contribution is 2.26. The van der Waals surface area contributed by atoms with Gasteiger partial charge in [-0.1, -0.05) is 29.8 Å². The van der Waals surface area contributed by atoms with Gasteiger partial charge in [-0.25, -0.2) is 5.43 Å². The van der Waals surface area contributed by atoms with E-state index in [1.807, 2.05) is 25.2 Å². The van der Waals surface area contributed by atoms with Crippen molar-refractivity contribution in [1.82, 2.24) is 15.8 Å². The Hall–Kier alpha value is -1.44. The van der Waals surface area contributed by atoms with Crippen molar-refractivity contribution in [2.24, 2.45) is 0 Å². The number of hydrogen-bond donors (Lipinski definition) is 3. The summed E-state index contributed by atoms with van der Waals surface area (Å²) < 4.78 is 0. The first-order valence-electron chi connectivity index (χ1n) is 8.39.